The number of fused-ring (bicyclic) bond motifs is 1. The Morgan fingerprint density at radius 1 is 1.29 bits per heavy atom. The molecular formula is C16H22ClNO3. The van der Waals surface area contributed by atoms with Crippen LogP contribution in [0.4, 0.5) is 0 Å². The highest BCUT2D eigenvalue weighted by Gasteiger charge is 2.27. The molecule has 1 aliphatic heterocycles. The van der Waals surface area contributed by atoms with Crippen LogP contribution in [0.15, 0.2) is 18.2 Å². The Labute approximate surface area is 130 Å². The van der Waals surface area contributed by atoms with Crippen molar-refractivity contribution >= 4 is 17.5 Å². The first-order valence-corrected chi connectivity index (χ1v) is 7.92. The summed E-state index contributed by atoms with van der Waals surface area (Å²) in [6.45, 7) is 5.73. The van der Waals surface area contributed by atoms with Gasteiger partial charge in [-0.1, -0.05) is 19.9 Å². The van der Waals surface area contributed by atoms with Crippen molar-refractivity contribution in [2.45, 2.75) is 26.7 Å². The lowest BCUT2D eigenvalue weighted by atomic mass is 9.84. The van der Waals surface area contributed by atoms with Gasteiger partial charge in [-0.25, -0.2) is 0 Å². The second-order valence-electron chi connectivity index (χ2n) is 5.35. The smallest absolute Gasteiger partial charge is 0.255 e. The molecule has 1 amide bonds. The molecule has 0 fully saturated rings. The van der Waals surface area contributed by atoms with Crippen molar-refractivity contribution < 1.29 is 14.3 Å². The van der Waals surface area contributed by atoms with Crippen LogP contribution < -0.4 is 14.8 Å². The van der Waals surface area contributed by atoms with Crippen molar-refractivity contribution in [3.8, 4) is 11.5 Å². The summed E-state index contributed by atoms with van der Waals surface area (Å²) in [6, 6.07) is 5.37. The molecule has 116 valence electrons. The average Bonchev–Trinajstić information content (AvgIpc) is 2.56. The number of carbonyl (C=O) groups is 1. The summed E-state index contributed by atoms with van der Waals surface area (Å²) >= 11 is 6.07. The van der Waals surface area contributed by atoms with Crippen molar-refractivity contribution in [1.82, 2.24) is 5.32 Å². The van der Waals surface area contributed by atoms with E-state index in [0.29, 0.717) is 42.7 Å². The van der Waals surface area contributed by atoms with Crippen molar-refractivity contribution in [1.29, 1.82) is 0 Å². The van der Waals surface area contributed by atoms with E-state index in [1.54, 1.807) is 12.1 Å². The van der Waals surface area contributed by atoms with Gasteiger partial charge in [-0.05, 0) is 25.0 Å². The van der Waals surface area contributed by atoms with Gasteiger partial charge in [0, 0.05) is 17.8 Å². The number of rotatable bonds is 6. The number of carbonyl (C=O) groups excluding carboxylic acids is 1. The van der Waals surface area contributed by atoms with Gasteiger partial charge in [0.25, 0.3) is 5.91 Å². The van der Waals surface area contributed by atoms with E-state index in [4.69, 9.17) is 21.1 Å². The van der Waals surface area contributed by atoms with Gasteiger partial charge in [0.2, 0.25) is 0 Å². The average molecular weight is 312 g/mol. The molecule has 1 aromatic rings. The van der Waals surface area contributed by atoms with Crippen LogP contribution in [0, 0.1) is 5.41 Å². The molecule has 1 aliphatic rings. The zero-order chi connectivity index (χ0) is 15.3. The molecule has 0 saturated carbocycles. The fraction of sp³-hybridized carbons (Fsp3) is 0.562. The van der Waals surface area contributed by atoms with Gasteiger partial charge in [-0.15, -0.1) is 11.6 Å². The molecule has 5 heteroatoms. The highest BCUT2D eigenvalue weighted by atomic mass is 35.5. The number of ether oxygens (including phenoxy) is 2. The largest absolute Gasteiger partial charge is 0.486 e. The maximum absolute atomic E-state index is 12.4. The summed E-state index contributed by atoms with van der Waals surface area (Å²) in [5.74, 6) is 1.55. The molecule has 1 N–H and O–H groups in total. The highest BCUT2D eigenvalue weighted by molar-refractivity contribution is 6.18. The Balaban J connectivity index is 2.11. The molecular weight excluding hydrogens is 290 g/mol. The summed E-state index contributed by atoms with van der Waals surface area (Å²) in [7, 11) is 0. The number of hydrogen-bond acceptors (Lipinski definition) is 3. The number of amides is 1. The number of alkyl halides is 1. The van der Waals surface area contributed by atoms with E-state index in [0.717, 1.165) is 12.8 Å². The Bertz CT molecular complexity index is 492. The molecule has 2 rings (SSSR count). The van der Waals surface area contributed by atoms with Crippen LogP contribution in [0.2, 0.25) is 0 Å². The minimum absolute atomic E-state index is 0.0522. The minimum Gasteiger partial charge on any atom is -0.486 e. The van der Waals surface area contributed by atoms with Crippen LogP contribution >= 0.6 is 11.6 Å². The molecule has 0 spiro atoms. The summed E-state index contributed by atoms with van der Waals surface area (Å²) in [6.07, 6.45) is 1.86. The number of hydrogen-bond donors (Lipinski definition) is 1. The van der Waals surface area contributed by atoms with Crippen LogP contribution in [-0.2, 0) is 0 Å². The van der Waals surface area contributed by atoms with Gasteiger partial charge in [0.1, 0.15) is 13.2 Å². The van der Waals surface area contributed by atoms with Crippen molar-refractivity contribution in [2.75, 3.05) is 25.6 Å². The van der Waals surface area contributed by atoms with E-state index < -0.39 is 0 Å². The van der Waals surface area contributed by atoms with E-state index in [1.807, 2.05) is 6.07 Å². The Kier molecular flexibility index (Phi) is 5.34. The molecule has 21 heavy (non-hydrogen) atoms. The van der Waals surface area contributed by atoms with Crippen LogP contribution in [0.25, 0.3) is 0 Å². The fourth-order valence-corrected chi connectivity index (χ4v) is 2.82. The molecule has 0 unspecified atom stereocenters. The third kappa shape index (κ3) is 3.43. The molecule has 0 atom stereocenters. The lowest BCUT2D eigenvalue weighted by Gasteiger charge is -2.29. The summed E-state index contributed by atoms with van der Waals surface area (Å²) in [5, 5.41) is 2.98. The number of halogens is 1. The van der Waals surface area contributed by atoms with E-state index >= 15 is 0 Å². The second kappa shape index (κ2) is 7.03. The summed E-state index contributed by atoms with van der Waals surface area (Å²) < 4.78 is 11.1. The third-order valence-electron chi connectivity index (χ3n) is 4.22. The van der Waals surface area contributed by atoms with Gasteiger partial charge in [-0.3, -0.25) is 4.79 Å². The number of para-hydroxylation sites is 1. The summed E-state index contributed by atoms with van der Waals surface area (Å²) in [4.78, 5) is 12.4. The van der Waals surface area contributed by atoms with Crippen LogP contribution in [-0.4, -0.2) is 31.5 Å². The molecule has 4 nitrogen and oxygen atoms in total. The SMILES string of the molecule is CCC(CC)(CCl)CNC(=O)c1cccc2c1OCCO2. The predicted molar refractivity (Wildman–Crippen MR) is 83.5 cm³/mol. The van der Waals surface area contributed by atoms with Gasteiger partial charge >= 0.3 is 0 Å². The zero-order valence-electron chi connectivity index (χ0n) is 12.6. The standard InChI is InChI=1S/C16H22ClNO3/c1-3-16(4-2,10-17)11-18-15(19)12-6-5-7-13-14(12)21-9-8-20-13/h5-7H,3-4,8-11H2,1-2H3,(H,18,19). The molecule has 0 aromatic heterocycles. The maximum Gasteiger partial charge on any atom is 0.255 e. The normalized spacial score (nSPS) is 13.9. The van der Waals surface area contributed by atoms with Gasteiger partial charge in [0.15, 0.2) is 11.5 Å². The first-order chi connectivity index (χ1) is 10.2. The van der Waals surface area contributed by atoms with Gasteiger partial charge in [-0.2, -0.15) is 0 Å². The zero-order valence-corrected chi connectivity index (χ0v) is 13.3. The van der Waals surface area contributed by atoms with Gasteiger partial charge in [0.05, 0.1) is 5.56 Å². The molecule has 1 heterocycles. The lowest BCUT2D eigenvalue weighted by Crippen LogP contribution is -2.38. The van der Waals surface area contributed by atoms with Crippen LogP contribution in [0.5, 0.6) is 11.5 Å². The van der Waals surface area contributed by atoms with E-state index in [-0.39, 0.29) is 11.3 Å². The van der Waals surface area contributed by atoms with Crippen molar-refractivity contribution in [2.24, 2.45) is 5.41 Å². The fourth-order valence-electron chi connectivity index (χ4n) is 2.35. The Hall–Kier alpha value is -1.42. The molecule has 0 radical (unpaired) electrons. The summed E-state index contributed by atoms with van der Waals surface area (Å²) in [5.41, 5.74) is 0.464. The lowest BCUT2D eigenvalue weighted by molar-refractivity contribution is 0.0921. The van der Waals surface area contributed by atoms with Gasteiger partial charge < -0.3 is 14.8 Å². The molecule has 0 aliphatic carbocycles. The minimum atomic E-state index is -0.145. The molecule has 1 aromatic carbocycles. The molecule has 0 saturated heterocycles. The van der Waals surface area contributed by atoms with Crippen LogP contribution in [0.1, 0.15) is 37.0 Å². The van der Waals surface area contributed by atoms with Crippen molar-refractivity contribution in [3.63, 3.8) is 0 Å². The number of nitrogens with one attached hydrogen (secondary N) is 1. The first kappa shape index (κ1) is 16.0. The third-order valence-corrected chi connectivity index (χ3v) is 4.79. The highest BCUT2D eigenvalue weighted by Crippen LogP contribution is 2.34. The van der Waals surface area contributed by atoms with Crippen molar-refractivity contribution in [3.05, 3.63) is 23.8 Å². The number of benzene rings is 1. The Morgan fingerprint density at radius 3 is 2.67 bits per heavy atom. The molecule has 0 bridgehead atoms. The first-order valence-electron chi connectivity index (χ1n) is 7.38. The van der Waals surface area contributed by atoms with E-state index in [2.05, 4.69) is 19.2 Å². The second-order valence-corrected chi connectivity index (χ2v) is 5.62. The maximum atomic E-state index is 12.4. The monoisotopic (exact) mass is 311 g/mol. The van der Waals surface area contributed by atoms with Crippen LogP contribution in [0.3, 0.4) is 0 Å². The predicted octanol–water partition coefficient (Wildman–Crippen LogP) is 3.23. The topological polar surface area (TPSA) is 47.6 Å². The quantitative estimate of drug-likeness (QED) is 0.821. The Morgan fingerprint density at radius 2 is 2.00 bits per heavy atom. The van der Waals surface area contributed by atoms with E-state index in [1.165, 1.54) is 0 Å². The van der Waals surface area contributed by atoms with E-state index in [9.17, 15) is 4.79 Å².